The summed E-state index contributed by atoms with van der Waals surface area (Å²) in [5.74, 6) is -0.401. The number of benzene rings is 2. The van der Waals surface area contributed by atoms with Gasteiger partial charge in [-0.05, 0) is 44.6 Å². The Balaban J connectivity index is 2.11. The van der Waals surface area contributed by atoms with Crippen LogP contribution >= 0.6 is 15.9 Å². The molecule has 0 fully saturated rings. The zero-order valence-electron chi connectivity index (χ0n) is 10.6. The predicted molar refractivity (Wildman–Crippen MR) is 79.2 cm³/mol. The van der Waals surface area contributed by atoms with Crippen molar-refractivity contribution in [3.63, 3.8) is 0 Å². The van der Waals surface area contributed by atoms with Crippen molar-refractivity contribution in [2.75, 3.05) is 0 Å². The van der Waals surface area contributed by atoms with Gasteiger partial charge >= 0.3 is 5.97 Å². The first-order valence-corrected chi connectivity index (χ1v) is 6.83. The monoisotopic (exact) mass is 344 g/mol. The molecule has 3 rings (SSSR count). The molecule has 0 aliphatic carbocycles. The van der Waals surface area contributed by atoms with Gasteiger partial charge in [-0.1, -0.05) is 30.3 Å². The van der Waals surface area contributed by atoms with Crippen LogP contribution in [0.2, 0.25) is 0 Å². The summed E-state index contributed by atoms with van der Waals surface area (Å²) < 4.78 is 2.16. The molecule has 0 amide bonds. The summed E-state index contributed by atoms with van der Waals surface area (Å²) >= 11 is 3.36. The molecule has 21 heavy (non-hydrogen) atoms. The van der Waals surface area contributed by atoms with Crippen molar-refractivity contribution in [3.05, 3.63) is 58.6 Å². The maximum atomic E-state index is 11.0. The van der Waals surface area contributed by atoms with E-state index in [1.165, 1.54) is 12.1 Å². The van der Waals surface area contributed by atoms with Crippen LogP contribution in [0.3, 0.4) is 0 Å². The van der Waals surface area contributed by atoms with E-state index < -0.39 is 5.97 Å². The lowest BCUT2D eigenvalue weighted by atomic mass is 10.2. The van der Waals surface area contributed by atoms with Gasteiger partial charge < -0.3 is 5.11 Å². The molecular weight excluding hydrogens is 336 g/mol. The van der Waals surface area contributed by atoms with Gasteiger partial charge in [0.2, 0.25) is 0 Å². The molecule has 0 aliphatic rings. The lowest BCUT2D eigenvalue weighted by Gasteiger charge is -2.07. The molecule has 1 heterocycles. The smallest absolute Gasteiger partial charge is 0.335 e. The van der Waals surface area contributed by atoms with E-state index in [4.69, 9.17) is 5.11 Å². The number of tetrazole rings is 1. The zero-order valence-corrected chi connectivity index (χ0v) is 12.2. The van der Waals surface area contributed by atoms with Crippen LogP contribution < -0.4 is 0 Å². The van der Waals surface area contributed by atoms with Crippen LogP contribution in [0.4, 0.5) is 0 Å². The highest BCUT2D eigenvalue weighted by Gasteiger charge is 2.14. The van der Waals surface area contributed by atoms with Crippen LogP contribution in [-0.4, -0.2) is 31.3 Å². The van der Waals surface area contributed by atoms with Crippen LogP contribution in [0.5, 0.6) is 0 Å². The van der Waals surface area contributed by atoms with E-state index in [0.717, 1.165) is 5.56 Å². The second kappa shape index (κ2) is 5.45. The molecule has 7 heteroatoms. The van der Waals surface area contributed by atoms with E-state index in [0.29, 0.717) is 16.0 Å². The molecule has 0 atom stereocenters. The fourth-order valence-electron chi connectivity index (χ4n) is 1.93. The zero-order chi connectivity index (χ0) is 14.8. The van der Waals surface area contributed by atoms with Crippen molar-refractivity contribution in [1.82, 2.24) is 20.2 Å². The van der Waals surface area contributed by atoms with Gasteiger partial charge in [-0.15, -0.1) is 5.10 Å². The van der Waals surface area contributed by atoms with Gasteiger partial charge in [0.25, 0.3) is 0 Å². The molecule has 0 saturated carbocycles. The van der Waals surface area contributed by atoms with Crippen molar-refractivity contribution >= 4 is 21.9 Å². The van der Waals surface area contributed by atoms with Crippen molar-refractivity contribution in [1.29, 1.82) is 0 Å². The number of hydrogen-bond acceptors (Lipinski definition) is 4. The fraction of sp³-hybridized carbons (Fsp3) is 0. The number of aromatic carboxylic acids is 1. The van der Waals surface area contributed by atoms with Crippen LogP contribution in [0.25, 0.3) is 17.1 Å². The second-order valence-electron chi connectivity index (χ2n) is 4.25. The third-order valence-electron chi connectivity index (χ3n) is 2.92. The number of nitrogens with zero attached hydrogens (tertiary/aromatic N) is 4. The Labute approximate surface area is 128 Å². The lowest BCUT2D eigenvalue weighted by Crippen LogP contribution is -2.03. The Bertz CT molecular complexity index is 802. The molecule has 0 spiro atoms. The minimum Gasteiger partial charge on any atom is -0.478 e. The lowest BCUT2D eigenvalue weighted by molar-refractivity contribution is 0.0697. The molecule has 6 nitrogen and oxygen atoms in total. The van der Waals surface area contributed by atoms with E-state index >= 15 is 0 Å². The quantitative estimate of drug-likeness (QED) is 0.789. The number of halogens is 1. The largest absolute Gasteiger partial charge is 0.478 e. The minimum atomic E-state index is -0.984. The molecule has 1 aromatic heterocycles. The number of carboxylic acids is 1. The minimum absolute atomic E-state index is 0.194. The topological polar surface area (TPSA) is 80.9 Å². The van der Waals surface area contributed by atoms with Crippen LogP contribution in [0.1, 0.15) is 10.4 Å². The Kier molecular flexibility index (Phi) is 3.49. The third-order valence-corrected chi connectivity index (χ3v) is 3.56. The van der Waals surface area contributed by atoms with Gasteiger partial charge in [-0.3, -0.25) is 0 Å². The van der Waals surface area contributed by atoms with Crippen molar-refractivity contribution in [2.45, 2.75) is 0 Å². The summed E-state index contributed by atoms with van der Waals surface area (Å²) in [4.78, 5) is 11.0. The molecule has 0 aliphatic heterocycles. The molecule has 0 radical (unpaired) electrons. The predicted octanol–water partition coefficient (Wildman–Crippen LogP) is 2.79. The summed E-state index contributed by atoms with van der Waals surface area (Å²) in [6.45, 7) is 0. The maximum Gasteiger partial charge on any atom is 0.335 e. The fourth-order valence-corrected chi connectivity index (χ4v) is 2.48. The number of carbonyl (C=O) groups is 1. The summed E-state index contributed by atoms with van der Waals surface area (Å²) in [5.41, 5.74) is 1.74. The number of aromatic nitrogens is 4. The SMILES string of the molecule is O=C(O)c1ccc(-n2nnnc2-c2ccccc2)c(Br)c1. The molecule has 0 unspecified atom stereocenters. The Morgan fingerprint density at radius 3 is 2.57 bits per heavy atom. The van der Waals surface area contributed by atoms with Gasteiger partial charge in [-0.25, -0.2) is 4.79 Å². The van der Waals surface area contributed by atoms with Crippen LogP contribution in [-0.2, 0) is 0 Å². The molecule has 0 saturated heterocycles. The van der Waals surface area contributed by atoms with Crippen molar-refractivity contribution < 1.29 is 9.90 Å². The average molecular weight is 345 g/mol. The molecule has 2 aromatic carbocycles. The Morgan fingerprint density at radius 1 is 1.14 bits per heavy atom. The molecular formula is C14H9BrN4O2. The van der Waals surface area contributed by atoms with Crippen LogP contribution in [0, 0.1) is 0 Å². The maximum absolute atomic E-state index is 11.0. The number of rotatable bonds is 3. The highest BCUT2D eigenvalue weighted by molar-refractivity contribution is 9.10. The highest BCUT2D eigenvalue weighted by Crippen LogP contribution is 2.26. The molecule has 104 valence electrons. The standard InChI is InChI=1S/C14H9BrN4O2/c15-11-8-10(14(20)21)6-7-12(11)19-13(16-17-18-19)9-4-2-1-3-5-9/h1-8H,(H,20,21). The first kappa shape index (κ1) is 13.4. The van der Waals surface area contributed by atoms with E-state index in [1.807, 2.05) is 30.3 Å². The van der Waals surface area contributed by atoms with Gasteiger partial charge in [0, 0.05) is 10.0 Å². The second-order valence-corrected chi connectivity index (χ2v) is 5.11. The van der Waals surface area contributed by atoms with Crippen molar-refractivity contribution in [2.24, 2.45) is 0 Å². The molecule has 0 bridgehead atoms. The number of hydrogen-bond donors (Lipinski definition) is 1. The highest BCUT2D eigenvalue weighted by atomic mass is 79.9. The van der Waals surface area contributed by atoms with Gasteiger partial charge in [-0.2, -0.15) is 4.68 Å². The van der Waals surface area contributed by atoms with Gasteiger partial charge in [0.05, 0.1) is 11.3 Å². The first-order chi connectivity index (χ1) is 10.2. The van der Waals surface area contributed by atoms with E-state index in [1.54, 1.807) is 10.7 Å². The summed E-state index contributed by atoms with van der Waals surface area (Å²) in [6.07, 6.45) is 0. The van der Waals surface area contributed by atoms with E-state index in [9.17, 15) is 4.79 Å². The average Bonchev–Trinajstić information content (AvgIpc) is 2.97. The van der Waals surface area contributed by atoms with Crippen molar-refractivity contribution in [3.8, 4) is 17.1 Å². The normalized spacial score (nSPS) is 10.5. The third kappa shape index (κ3) is 2.55. The summed E-state index contributed by atoms with van der Waals surface area (Å²) in [7, 11) is 0. The summed E-state index contributed by atoms with van der Waals surface area (Å²) in [5, 5.41) is 20.7. The molecule has 3 aromatic rings. The summed E-state index contributed by atoms with van der Waals surface area (Å²) in [6, 6.07) is 14.2. The van der Waals surface area contributed by atoms with Crippen LogP contribution in [0.15, 0.2) is 53.0 Å². The van der Waals surface area contributed by atoms with Gasteiger partial charge in [0.15, 0.2) is 5.82 Å². The Morgan fingerprint density at radius 2 is 1.90 bits per heavy atom. The van der Waals surface area contributed by atoms with Gasteiger partial charge in [0.1, 0.15) is 0 Å². The van der Waals surface area contributed by atoms with E-state index in [-0.39, 0.29) is 5.56 Å². The molecule has 1 N–H and O–H groups in total. The number of carboxylic acid groups (broad SMARTS) is 1. The van der Waals surface area contributed by atoms with E-state index in [2.05, 4.69) is 31.5 Å². The first-order valence-electron chi connectivity index (χ1n) is 6.04. The Hall–Kier alpha value is -2.54.